The van der Waals surface area contributed by atoms with Crippen LogP contribution in [0, 0.1) is 0 Å². The van der Waals surface area contributed by atoms with E-state index >= 15 is 0 Å². The maximum absolute atomic E-state index is 10.3. The summed E-state index contributed by atoms with van der Waals surface area (Å²) in [6, 6.07) is -0.152. The van der Waals surface area contributed by atoms with Crippen LogP contribution < -0.4 is 5.32 Å². The van der Waals surface area contributed by atoms with E-state index in [-0.39, 0.29) is 6.04 Å². The molecule has 0 saturated carbocycles. The van der Waals surface area contributed by atoms with E-state index in [2.05, 4.69) is 5.32 Å². The van der Waals surface area contributed by atoms with E-state index in [1.54, 1.807) is 6.92 Å². The van der Waals surface area contributed by atoms with Crippen molar-refractivity contribution in [1.82, 2.24) is 5.32 Å². The zero-order valence-corrected chi connectivity index (χ0v) is 6.72. The van der Waals surface area contributed by atoms with Gasteiger partial charge in [0.1, 0.15) is 6.04 Å². The minimum atomic E-state index is -0.791. The first-order valence-corrected chi connectivity index (χ1v) is 3.56. The van der Waals surface area contributed by atoms with Crippen molar-refractivity contribution in [3.63, 3.8) is 0 Å². The van der Waals surface area contributed by atoms with Crippen molar-refractivity contribution in [2.45, 2.75) is 39.3 Å². The summed E-state index contributed by atoms with van der Waals surface area (Å²) in [5, 5.41) is 11.4. The van der Waals surface area contributed by atoms with Gasteiger partial charge in [-0.3, -0.25) is 4.79 Å². The van der Waals surface area contributed by atoms with Crippen LogP contribution in [-0.4, -0.2) is 23.2 Å². The lowest BCUT2D eigenvalue weighted by Crippen LogP contribution is -2.39. The number of aliphatic carboxylic acids is 1. The molecule has 0 amide bonds. The Morgan fingerprint density at radius 1 is 1.60 bits per heavy atom. The molecule has 0 fully saturated rings. The first-order chi connectivity index (χ1) is 4.57. The lowest BCUT2D eigenvalue weighted by molar-refractivity contribution is -0.139. The highest BCUT2D eigenvalue weighted by Crippen LogP contribution is 1.91. The Kier molecular flexibility index (Phi) is 4.03. The molecule has 10 heavy (non-hydrogen) atoms. The third kappa shape index (κ3) is 3.45. The smallest absolute Gasteiger partial charge is 0.320 e. The number of carboxylic acid groups (broad SMARTS) is 1. The Balaban J connectivity index is 3.56. The molecule has 60 valence electrons. The molecule has 0 rings (SSSR count). The Labute approximate surface area is 61.4 Å². The van der Waals surface area contributed by atoms with Crippen molar-refractivity contribution in [2.75, 3.05) is 0 Å². The van der Waals surface area contributed by atoms with Gasteiger partial charge in [-0.05, 0) is 20.3 Å². The van der Waals surface area contributed by atoms with Gasteiger partial charge in [0, 0.05) is 6.04 Å². The van der Waals surface area contributed by atoms with Crippen LogP contribution in [-0.2, 0) is 4.79 Å². The molecular weight excluding hydrogens is 130 g/mol. The second-order valence-electron chi connectivity index (χ2n) is 2.54. The van der Waals surface area contributed by atoms with E-state index < -0.39 is 12.0 Å². The number of carbonyl (C=O) groups is 1. The number of hydrogen-bond acceptors (Lipinski definition) is 2. The molecule has 0 aliphatic heterocycles. The largest absolute Gasteiger partial charge is 0.480 e. The van der Waals surface area contributed by atoms with Gasteiger partial charge >= 0.3 is 5.97 Å². The number of nitrogens with one attached hydrogen (secondary N) is 1. The van der Waals surface area contributed by atoms with Crippen LogP contribution in [0.2, 0.25) is 0 Å². The van der Waals surface area contributed by atoms with Gasteiger partial charge in [-0.2, -0.15) is 0 Å². The van der Waals surface area contributed by atoms with E-state index in [0.717, 1.165) is 6.42 Å². The van der Waals surface area contributed by atoms with Crippen molar-refractivity contribution in [1.29, 1.82) is 0 Å². The molecule has 0 unspecified atom stereocenters. The van der Waals surface area contributed by atoms with E-state index in [9.17, 15) is 4.79 Å². The summed E-state index contributed by atoms with van der Waals surface area (Å²) in [7, 11) is 0. The average molecular weight is 145 g/mol. The fourth-order valence-corrected chi connectivity index (χ4v) is 0.616. The van der Waals surface area contributed by atoms with Crippen molar-refractivity contribution in [3.8, 4) is 0 Å². The Morgan fingerprint density at radius 3 is 2.40 bits per heavy atom. The van der Waals surface area contributed by atoms with Gasteiger partial charge in [0.15, 0.2) is 0 Å². The Hall–Kier alpha value is -0.570. The van der Waals surface area contributed by atoms with Crippen LogP contribution >= 0.6 is 0 Å². The summed E-state index contributed by atoms with van der Waals surface area (Å²) in [4.78, 5) is 10.3. The quantitative estimate of drug-likeness (QED) is 0.616. The first-order valence-electron chi connectivity index (χ1n) is 3.56. The molecule has 3 nitrogen and oxygen atoms in total. The highest BCUT2D eigenvalue weighted by molar-refractivity contribution is 5.72. The number of carboxylic acids is 1. The van der Waals surface area contributed by atoms with Gasteiger partial charge in [0.25, 0.3) is 0 Å². The molecule has 0 radical (unpaired) electrons. The van der Waals surface area contributed by atoms with Crippen molar-refractivity contribution < 1.29 is 9.90 Å². The molecular formula is C7H15NO2. The summed E-state index contributed by atoms with van der Waals surface area (Å²) >= 11 is 0. The Bertz CT molecular complexity index is 114. The molecule has 0 aromatic heterocycles. The summed E-state index contributed by atoms with van der Waals surface area (Å²) in [5.74, 6) is -0.791. The van der Waals surface area contributed by atoms with Crippen molar-refractivity contribution in [3.05, 3.63) is 0 Å². The lowest BCUT2D eigenvalue weighted by atomic mass is 10.2. The zero-order valence-electron chi connectivity index (χ0n) is 6.72. The SMILES string of the molecule is CC[C@H](C)N[C@@H](C)C(=O)O. The summed E-state index contributed by atoms with van der Waals surface area (Å²) in [6.07, 6.45) is 0.956. The highest BCUT2D eigenvalue weighted by atomic mass is 16.4. The summed E-state index contributed by atoms with van der Waals surface area (Å²) in [5.41, 5.74) is 0. The molecule has 3 heteroatoms. The van der Waals surface area contributed by atoms with Crippen LogP contribution in [0.5, 0.6) is 0 Å². The fourth-order valence-electron chi connectivity index (χ4n) is 0.616. The Morgan fingerprint density at radius 2 is 2.10 bits per heavy atom. The predicted octanol–water partition coefficient (Wildman–Crippen LogP) is 0.848. The molecule has 0 bridgehead atoms. The third-order valence-electron chi connectivity index (χ3n) is 1.52. The number of rotatable bonds is 4. The lowest BCUT2D eigenvalue weighted by Gasteiger charge is -2.14. The molecule has 2 atom stereocenters. The standard InChI is InChI=1S/C7H15NO2/c1-4-5(2)8-6(3)7(9)10/h5-6,8H,4H2,1-3H3,(H,9,10)/t5-,6-/m0/s1. The van der Waals surface area contributed by atoms with Gasteiger partial charge in [-0.25, -0.2) is 0 Å². The normalized spacial score (nSPS) is 16.3. The topological polar surface area (TPSA) is 49.3 Å². The molecule has 2 N–H and O–H groups in total. The van der Waals surface area contributed by atoms with Gasteiger partial charge in [0.05, 0.1) is 0 Å². The van der Waals surface area contributed by atoms with Gasteiger partial charge in [-0.15, -0.1) is 0 Å². The zero-order chi connectivity index (χ0) is 8.15. The van der Waals surface area contributed by atoms with Crippen LogP contribution in [0.4, 0.5) is 0 Å². The summed E-state index contributed by atoms with van der Waals surface area (Å²) < 4.78 is 0. The van der Waals surface area contributed by atoms with Crippen molar-refractivity contribution in [2.24, 2.45) is 0 Å². The third-order valence-corrected chi connectivity index (χ3v) is 1.52. The van der Waals surface area contributed by atoms with Gasteiger partial charge in [0.2, 0.25) is 0 Å². The maximum Gasteiger partial charge on any atom is 0.320 e. The van der Waals surface area contributed by atoms with Crippen LogP contribution in [0.15, 0.2) is 0 Å². The van der Waals surface area contributed by atoms with Crippen LogP contribution in [0.3, 0.4) is 0 Å². The van der Waals surface area contributed by atoms with E-state index in [0.29, 0.717) is 0 Å². The molecule has 0 aliphatic rings. The fraction of sp³-hybridized carbons (Fsp3) is 0.857. The van der Waals surface area contributed by atoms with E-state index in [1.165, 1.54) is 0 Å². The average Bonchev–Trinajstić information content (AvgIpc) is 1.87. The molecule has 0 spiro atoms. The first kappa shape index (κ1) is 9.43. The molecule has 0 aromatic rings. The molecule has 0 aliphatic carbocycles. The summed E-state index contributed by atoms with van der Waals surface area (Å²) in [6.45, 7) is 5.64. The monoisotopic (exact) mass is 145 g/mol. The minimum absolute atomic E-state index is 0.283. The second kappa shape index (κ2) is 4.28. The minimum Gasteiger partial charge on any atom is -0.480 e. The van der Waals surface area contributed by atoms with E-state index in [1.807, 2.05) is 13.8 Å². The van der Waals surface area contributed by atoms with Crippen molar-refractivity contribution >= 4 is 5.97 Å². The van der Waals surface area contributed by atoms with Crippen LogP contribution in [0.1, 0.15) is 27.2 Å². The molecule has 0 heterocycles. The number of hydrogen-bond donors (Lipinski definition) is 2. The van der Waals surface area contributed by atoms with Gasteiger partial charge in [-0.1, -0.05) is 6.92 Å². The van der Waals surface area contributed by atoms with E-state index in [4.69, 9.17) is 5.11 Å². The molecule has 0 saturated heterocycles. The van der Waals surface area contributed by atoms with Gasteiger partial charge < -0.3 is 10.4 Å². The predicted molar refractivity (Wildman–Crippen MR) is 40.0 cm³/mol. The highest BCUT2D eigenvalue weighted by Gasteiger charge is 2.11. The second-order valence-corrected chi connectivity index (χ2v) is 2.54. The molecule has 0 aromatic carbocycles. The van der Waals surface area contributed by atoms with Crippen LogP contribution in [0.25, 0.3) is 0 Å². The maximum atomic E-state index is 10.3.